The van der Waals surface area contributed by atoms with Crippen LogP contribution in [0.15, 0.2) is 11.1 Å². The van der Waals surface area contributed by atoms with Gasteiger partial charge in [-0.1, -0.05) is 112 Å². The molecule has 0 saturated heterocycles. The molecule has 0 radical (unpaired) electrons. The Morgan fingerprint density at radius 1 is 0.562 bits per heavy atom. The largest absolute Gasteiger partial charge is 0.462 e. The van der Waals surface area contributed by atoms with Crippen LogP contribution in [0, 0.1) is 5.41 Å². The molecule has 0 rings (SSSR count). The van der Waals surface area contributed by atoms with Crippen molar-refractivity contribution in [2.75, 3.05) is 13.2 Å². The molecule has 0 fully saturated rings. The third-order valence-corrected chi connectivity index (χ3v) is 5.53. The van der Waals surface area contributed by atoms with Crippen LogP contribution < -0.4 is 0 Å². The molecule has 0 aromatic heterocycles. The second-order valence-corrected chi connectivity index (χ2v) is 10.3. The standard InChI is InChI=1S/C28H52O4/c1-7-10-12-14-16-18-21-31-26(29)24(20-9-3)25(23-28(4,5)6)27(30)32-22-19-17-15-13-11-8-2/h7-23H2,1-6H3/b25-24-. The van der Waals surface area contributed by atoms with Crippen molar-refractivity contribution in [3.05, 3.63) is 11.1 Å². The Morgan fingerprint density at radius 2 is 0.969 bits per heavy atom. The van der Waals surface area contributed by atoms with Gasteiger partial charge in [-0.2, -0.15) is 0 Å². The van der Waals surface area contributed by atoms with Gasteiger partial charge in [0, 0.05) is 11.1 Å². The summed E-state index contributed by atoms with van der Waals surface area (Å²) in [5.74, 6) is -0.676. The molecule has 4 nitrogen and oxygen atoms in total. The number of unbranched alkanes of at least 4 members (excludes halogenated alkanes) is 10. The molecule has 0 unspecified atom stereocenters. The molecule has 0 aromatic rings. The lowest BCUT2D eigenvalue weighted by atomic mass is 9.85. The van der Waals surface area contributed by atoms with E-state index in [1.807, 2.05) is 6.92 Å². The zero-order valence-corrected chi connectivity index (χ0v) is 22.2. The molecule has 0 saturated carbocycles. The van der Waals surface area contributed by atoms with Crippen LogP contribution >= 0.6 is 0 Å². The number of esters is 2. The highest BCUT2D eigenvalue weighted by molar-refractivity contribution is 6.00. The number of rotatable bonds is 19. The van der Waals surface area contributed by atoms with Gasteiger partial charge in [-0.15, -0.1) is 0 Å². The maximum absolute atomic E-state index is 13.0. The fourth-order valence-corrected chi connectivity index (χ4v) is 3.73. The first-order valence-corrected chi connectivity index (χ1v) is 13.3. The molecule has 0 bridgehead atoms. The summed E-state index contributed by atoms with van der Waals surface area (Å²) in [6, 6.07) is 0. The molecule has 4 heteroatoms. The average molecular weight is 453 g/mol. The van der Waals surface area contributed by atoms with Gasteiger partial charge in [0.1, 0.15) is 0 Å². The second-order valence-electron chi connectivity index (χ2n) is 10.3. The van der Waals surface area contributed by atoms with E-state index in [2.05, 4.69) is 34.6 Å². The van der Waals surface area contributed by atoms with Gasteiger partial charge in [-0.05, 0) is 31.1 Å². The molecule has 0 amide bonds. The van der Waals surface area contributed by atoms with Crippen molar-refractivity contribution in [2.24, 2.45) is 5.41 Å². The first-order valence-electron chi connectivity index (χ1n) is 13.3. The maximum Gasteiger partial charge on any atom is 0.334 e. The van der Waals surface area contributed by atoms with Crippen molar-refractivity contribution < 1.29 is 19.1 Å². The van der Waals surface area contributed by atoms with E-state index in [-0.39, 0.29) is 17.4 Å². The highest BCUT2D eigenvalue weighted by Gasteiger charge is 2.27. The predicted octanol–water partition coefficient (Wildman–Crippen LogP) is 8.33. The smallest absolute Gasteiger partial charge is 0.334 e. The highest BCUT2D eigenvalue weighted by atomic mass is 16.5. The molecule has 32 heavy (non-hydrogen) atoms. The molecule has 188 valence electrons. The Morgan fingerprint density at radius 3 is 1.38 bits per heavy atom. The Hall–Kier alpha value is -1.32. The van der Waals surface area contributed by atoms with Gasteiger partial charge in [-0.25, -0.2) is 9.59 Å². The van der Waals surface area contributed by atoms with Crippen LogP contribution in [0.3, 0.4) is 0 Å². The van der Waals surface area contributed by atoms with Crippen molar-refractivity contribution in [3.8, 4) is 0 Å². The molecule has 0 atom stereocenters. The van der Waals surface area contributed by atoms with E-state index >= 15 is 0 Å². The summed E-state index contributed by atoms with van der Waals surface area (Å²) in [6.45, 7) is 13.5. The van der Waals surface area contributed by atoms with Crippen molar-refractivity contribution in [3.63, 3.8) is 0 Å². The molecular formula is C28H52O4. The van der Waals surface area contributed by atoms with E-state index in [9.17, 15) is 9.59 Å². The van der Waals surface area contributed by atoms with Crippen molar-refractivity contribution in [1.29, 1.82) is 0 Å². The first-order chi connectivity index (χ1) is 15.3. The number of hydrogen-bond donors (Lipinski definition) is 0. The molecule has 0 heterocycles. The summed E-state index contributed by atoms with van der Waals surface area (Å²) in [7, 11) is 0. The van der Waals surface area contributed by atoms with Crippen LogP contribution in [0.25, 0.3) is 0 Å². The molecule has 0 aromatic carbocycles. The summed E-state index contributed by atoms with van der Waals surface area (Å²) in [5, 5.41) is 0. The number of carbonyl (C=O) groups is 2. The zero-order chi connectivity index (χ0) is 24.2. The van der Waals surface area contributed by atoms with Gasteiger partial charge in [0.15, 0.2) is 0 Å². The van der Waals surface area contributed by atoms with Gasteiger partial charge in [0.25, 0.3) is 0 Å². The normalized spacial score (nSPS) is 12.4. The van der Waals surface area contributed by atoms with E-state index in [4.69, 9.17) is 9.47 Å². The minimum atomic E-state index is -0.339. The fraction of sp³-hybridized carbons (Fsp3) is 0.857. The van der Waals surface area contributed by atoms with Gasteiger partial charge in [0.05, 0.1) is 13.2 Å². The number of ether oxygens (including phenoxy) is 2. The Kier molecular flexibility index (Phi) is 18.4. The minimum absolute atomic E-state index is 0.118. The maximum atomic E-state index is 13.0. The van der Waals surface area contributed by atoms with Crippen LogP contribution in [0.2, 0.25) is 0 Å². The van der Waals surface area contributed by atoms with E-state index in [1.165, 1.54) is 51.4 Å². The van der Waals surface area contributed by atoms with Crippen molar-refractivity contribution in [2.45, 2.75) is 138 Å². The van der Waals surface area contributed by atoms with E-state index < -0.39 is 0 Å². The number of hydrogen-bond acceptors (Lipinski definition) is 4. The van der Waals surface area contributed by atoms with Gasteiger partial charge in [-0.3, -0.25) is 0 Å². The molecular weight excluding hydrogens is 400 g/mol. The Balaban J connectivity index is 4.96. The van der Waals surface area contributed by atoms with Gasteiger partial charge in [0.2, 0.25) is 0 Å². The van der Waals surface area contributed by atoms with Crippen LogP contribution in [-0.4, -0.2) is 25.2 Å². The Labute approximate surface area is 198 Å². The lowest BCUT2D eigenvalue weighted by Gasteiger charge is -2.22. The average Bonchev–Trinajstić information content (AvgIpc) is 2.73. The molecule has 0 aliphatic heterocycles. The molecule has 0 aliphatic rings. The second kappa shape index (κ2) is 19.2. The highest BCUT2D eigenvalue weighted by Crippen LogP contribution is 2.29. The topological polar surface area (TPSA) is 52.6 Å². The summed E-state index contributed by atoms with van der Waals surface area (Å²) in [6.07, 6.45) is 15.6. The lowest BCUT2D eigenvalue weighted by molar-refractivity contribution is -0.143. The quantitative estimate of drug-likeness (QED) is 0.112. The number of carbonyl (C=O) groups excluding carboxylic acids is 2. The van der Waals surface area contributed by atoms with Crippen molar-refractivity contribution in [1.82, 2.24) is 0 Å². The Bertz CT molecular complexity index is 528. The summed E-state index contributed by atoms with van der Waals surface area (Å²) in [4.78, 5) is 25.9. The van der Waals surface area contributed by atoms with E-state index in [0.29, 0.717) is 37.2 Å². The first kappa shape index (κ1) is 30.7. The molecule has 0 aliphatic carbocycles. The van der Waals surface area contributed by atoms with Gasteiger partial charge >= 0.3 is 11.9 Å². The summed E-state index contributed by atoms with van der Waals surface area (Å²) in [5.41, 5.74) is 0.909. The van der Waals surface area contributed by atoms with Crippen LogP contribution in [0.1, 0.15) is 138 Å². The molecule has 0 spiro atoms. The summed E-state index contributed by atoms with van der Waals surface area (Å²) >= 11 is 0. The minimum Gasteiger partial charge on any atom is -0.462 e. The summed E-state index contributed by atoms with van der Waals surface area (Å²) < 4.78 is 11.2. The predicted molar refractivity (Wildman–Crippen MR) is 135 cm³/mol. The zero-order valence-electron chi connectivity index (χ0n) is 22.2. The SMILES string of the molecule is CCCCCCCCOC(=O)/C(CCC)=C(/CC(C)(C)C)C(=O)OCCCCCCCC. The van der Waals surface area contributed by atoms with Crippen LogP contribution in [0.5, 0.6) is 0 Å². The molecule has 0 N–H and O–H groups in total. The fourth-order valence-electron chi connectivity index (χ4n) is 3.73. The third kappa shape index (κ3) is 16.3. The van der Waals surface area contributed by atoms with E-state index in [1.54, 1.807) is 0 Å². The third-order valence-electron chi connectivity index (χ3n) is 5.53. The monoisotopic (exact) mass is 452 g/mol. The van der Waals surface area contributed by atoms with Crippen LogP contribution in [0.4, 0.5) is 0 Å². The van der Waals surface area contributed by atoms with E-state index in [0.717, 1.165) is 32.1 Å². The lowest BCUT2D eigenvalue weighted by Crippen LogP contribution is -2.21. The van der Waals surface area contributed by atoms with Crippen LogP contribution in [-0.2, 0) is 19.1 Å². The van der Waals surface area contributed by atoms with Gasteiger partial charge < -0.3 is 9.47 Å². The van der Waals surface area contributed by atoms with Crippen molar-refractivity contribution >= 4 is 11.9 Å².